The molecule has 0 aromatic heterocycles. The lowest BCUT2D eigenvalue weighted by Gasteiger charge is -2.27. The van der Waals surface area contributed by atoms with Crippen molar-refractivity contribution in [2.24, 2.45) is 5.92 Å². The van der Waals surface area contributed by atoms with E-state index in [4.69, 9.17) is 0 Å². The molecule has 0 spiro atoms. The summed E-state index contributed by atoms with van der Waals surface area (Å²) in [6.45, 7) is 2.18. The number of hydrogen-bond acceptors (Lipinski definition) is 3. The number of hydrogen-bond donors (Lipinski definition) is 1. The van der Waals surface area contributed by atoms with Crippen LogP contribution in [-0.4, -0.2) is 22.1 Å². The van der Waals surface area contributed by atoms with Gasteiger partial charge in [-0.05, 0) is 68.0 Å². The van der Waals surface area contributed by atoms with Gasteiger partial charge in [-0.1, -0.05) is 37.3 Å². The van der Waals surface area contributed by atoms with Gasteiger partial charge in [-0.25, -0.2) is 8.60 Å². The van der Waals surface area contributed by atoms with Crippen LogP contribution in [0.5, 0.6) is 0 Å². The van der Waals surface area contributed by atoms with Gasteiger partial charge >= 0.3 is 0 Å². The van der Waals surface area contributed by atoms with E-state index >= 15 is 0 Å². The van der Waals surface area contributed by atoms with Crippen LogP contribution in [0.1, 0.15) is 58.9 Å². The van der Waals surface area contributed by atoms with Crippen LogP contribution in [0.3, 0.4) is 0 Å². The average Bonchev–Trinajstić information content (AvgIpc) is 2.96. The SMILES string of the molecule is CC1CCC(NC(=O)c2ccc3c(c2)N(Cc2ccccc2F)C(=O)c2ccccc2[S@@]3=O)CC1. The number of halogens is 1. The first-order valence-corrected chi connectivity index (χ1v) is 13.1. The number of nitrogens with one attached hydrogen (secondary N) is 1. The number of nitrogens with zero attached hydrogens (tertiary/aromatic N) is 1. The van der Waals surface area contributed by atoms with Gasteiger partial charge in [0.05, 0.1) is 38.4 Å². The standard InChI is InChI=1S/C28H27FN2O3S/c1-18-10-13-21(14-11-18)30-27(32)19-12-15-26-24(16-19)31(17-20-6-2-4-8-23(20)29)28(33)22-7-3-5-9-25(22)35(26)34/h2-9,12,15-16,18,21H,10-11,13-14,17H2,1H3,(H,30,32)/t18?,21?,35-/m0/s1. The maximum atomic E-state index is 14.6. The summed E-state index contributed by atoms with van der Waals surface area (Å²) in [5, 5.41) is 3.11. The molecular formula is C28H27FN2O3S. The maximum absolute atomic E-state index is 14.6. The zero-order valence-corrected chi connectivity index (χ0v) is 20.3. The van der Waals surface area contributed by atoms with Crippen LogP contribution < -0.4 is 10.2 Å². The fourth-order valence-electron chi connectivity index (χ4n) is 4.83. The summed E-state index contributed by atoms with van der Waals surface area (Å²) in [4.78, 5) is 29.0. The van der Waals surface area contributed by atoms with E-state index in [1.165, 1.54) is 11.0 Å². The molecule has 1 heterocycles. The number of amides is 2. The number of carbonyl (C=O) groups excluding carboxylic acids is 2. The van der Waals surface area contributed by atoms with E-state index < -0.39 is 16.6 Å². The van der Waals surface area contributed by atoms with Crippen LogP contribution in [0.25, 0.3) is 0 Å². The molecule has 7 heteroatoms. The molecule has 35 heavy (non-hydrogen) atoms. The molecular weight excluding hydrogens is 463 g/mol. The van der Waals surface area contributed by atoms with E-state index in [0.717, 1.165) is 25.7 Å². The Kier molecular flexibility index (Phi) is 6.52. The van der Waals surface area contributed by atoms with Gasteiger partial charge < -0.3 is 10.2 Å². The number of rotatable bonds is 4. The number of fused-ring (bicyclic) bond motifs is 2. The summed E-state index contributed by atoms with van der Waals surface area (Å²) in [7, 11) is -1.63. The van der Waals surface area contributed by atoms with Crippen molar-refractivity contribution in [3.63, 3.8) is 0 Å². The van der Waals surface area contributed by atoms with Crippen LogP contribution in [0.2, 0.25) is 0 Å². The quantitative estimate of drug-likeness (QED) is 0.528. The molecule has 1 aliphatic carbocycles. The Morgan fingerprint density at radius 3 is 2.49 bits per heavy atom. The molecule has 0 radical (unpaired) electrons. The molecule has 2 amide bonds. The normalized spacial score (nSPS) is 21.6. The molecule has 1 aliphatic heterocycles. The molecule has 1 N–H and O–H groups in total. The Hall–Kier alpha value is -3.32. The molecule has 180 valence electrons. The van der Waals surface area contributed by atoms with E-state index in [2.05, 4.69) is 12.2 Å². The smallest absolute Gasteiger partial charge is 0.259 e. The predicted molar refractivity (Wildman–Crippen MR) is 133 cm³/mol. The second kappa shape index (κ2) is 9.74. The fraction of sp³-hybridized carbons (Fsp3) is 0.286. The van der Waals surface area contributed by atoms with E-state index in [0.29, 0.717) is 38.1 Å². The number of carbonyl (C=O) groups is 2. The Balaban J connectivity index is 1.55. The lowest BCUT2D eigenvalue weighted by atomic mass is 9.87. The summed E-state index contributed by atoms with van der Waals surface area (Å²) >= 11 is 0. The van der Waals surface area contributed by atoms with Crippen molar-refractivity contribution in [3.8, 4) is 0 Å². The summed E-state index contributed by atoms with van der Waals surface area (Å²) < 4.78 is 28.1. The van der Waals surface area contributed by atoms with Gasteiger partial charge in [0.1, 0.15) is 5.82 Å². The Morgan fingerprint density at radius 1 is 1.00 bits per heavy atom. The van der Waals surface area contributed by atoms with Crippen molar-refractivity contribution in [3.05, 3.63) is 89.2 Å². The van der Waals surface area contributed by atoms with Gasteiger partial charge in [-0.15, -0.1) is 0 Å². The minimum atomic E-state index is -1.63. The zero-order valence-electron chi connectivity index (χ0n) is 19.5. The largest absolute Gasteiger partial charge is 0.349 e. The molecule has 3 aromatic rings. The van der Waals surface area contributed by atoms with Crippen LogP contribution in [-0.2, 0) is 17.3 Å². The van der Waals surface area contributed by atoms with E-state index in [1.54, 1.807) is 60.7 Å². The van der Waals surface area contributed by atoms with Crippen molar-refractivity contribution in [1.82, 2.24) is 5.32 Å². The van der Waals surface area contributed by atoms with Gasteiger partial charge in [0.2, 0.25) is 0 Å². The number of benzene rings is 3. The van der Waals surface area contributed by atoms with Crippen molar-refractivity contribution >= 4 is 28.3 Å². The first-order valence-electron chi connectivity index (χ1n) is 11.9. The summed E-state index contributed by atoms with van der Waals surface area (Å²) in [5.74, 6) is -0.362. The highest BCUT2D eigenvalue weighted by molar-refractivity contribution is 7.85. The second-order valence-electron chi connectivity index (χ2n) is 9.36. The molecule has 0 saturated heterocycles. The van der Waals surface area contributed by atoms with Crippen LogP contribution in [0.15, 0.2) is 76.5 Å². The van der Waals surface area contributed by atoms with Gasteiger partial charge in [0.25, 0.3) is 11.8 Å². The van der Waals surface area contributed by atoms with E-state index in [9.17, 15) is 18.2 Å². The summed E-state index contributed by atoms with van der Waals surface area (Å²) in [6, 6.07) is 18.1. The Morgan fingerprint density at radius 2 is 1.71 bits per heavy atom. The van der Waals surface area contributed by atoms with Gasteiger partial charge in [0, 0.05) is 17.2 Å². The maximum Gasteiger partial charge on any atom is 0.259 e. The molecule has 1 fully saturated rings. The van der Waals surface area contributed by atoms with Crippen molar-refractivity contribution in [2.45, 2.75) is 55.0 Å². The molecule has 5 rings (SSSR count). The lowest BCUT2D eigenvalue weighted by Crippen LogP contribution is -2.37. The third kappa shape index (κ3) is 4.65. The third-order valence-corrected chi connectivity index (χ3v) is 8.41. The van der Waals surface area contributed by atoms with Crippen LogP contribution in [0, 0.1) is 11.7 Å². The van der Waals surface area contributed by atoms with Crippen molar-refractivity contribution in [1.29, 1.82) is 0 Å². The molecule has 2 aliphatic rings. The molecule has 1 saturated carbocycles. The first kappa shape index (κ1) is 23.4. The summed E-state index contributed by atoms with van der Waals surface area (Å²) in [5.41, 5.74) is 1.39. The minimum absolute atomic E-state index is 0.0460. The predicted octanol–water partition coefficient (Wildman–Crippen LogP) is 5.46. The average molecular weight is 491 g/mol. The van der Waals surface area contributed by atoms with Gasteiger partial charge in [0.15, 0.2) is 0 Å². The molecule has 0 unspecified atom stereocenters. The monoisotopic (exact) mass is 490 g/mol. The fourth-order valence-corrected chi connectivity index (χ4v) is 6.18. The lowest BCUT2D eigenvalue weighted by molar-refractivity contribution is 0.0921. The molecule has 1 atom stereocenters. The van der Waals surface area contributed by atoms with Crippen LogP contribution >= 0.6 is 0 Å². The number of anilines is 1. The van der Waals surface area contributed by atoms with E-state index in [1.807, 2.05) is 0 Å². The third-order valence-electron chi connectivity index (χ3n) is 6.91. The summed E-state index contributed by atoms with van der Waals surface area (Å²) in [6.07, 6.45) is 4.04. The topological polar surface area (TPSA) is 66.5 Å². The van der Waals surface area contributed by atoms with Gasteiger partial charge in [-0.2, -0.15) is 0 Å². The van der Waals surface area contributed by atoms with E-state index in [-0.39, 0.29) is 24.4 Å². The van der Waals surface area contributed by atoms with Gasteiger partial charge in [-0.3, -0.25) is 9.59 Å². The Bertz CT molecular complexity index is 1320. The van der Waals surface area contributed by atoms with Crippen molar-refractivity contribution in [2.75, 3.05) is 4.90 Å². The van der Waals surface area contributed by atoms with Crippen molar-refractivity contribution < 1.29 is 18.2 Å². The molecule has 0 bridgehead atoms. The highest BCUT2D eigenvalue weighted by Gasteiger charge is 2.32. The minimum Gasteiger partial charge on any atom is -0.349 e. The highest BCUT2D eigenvalue weighted by Crippen LogP contribution is 2.36. The van der Waals surface area contributed by atoms with Crippen LogP contribution in [0.4, 0.5) is 10.1 Å². The molecule has 5 nitrogen and oxygen atoms in total. The highest BCUT2D eigenvalue weighted by atomic mass is 32.2. The molecule has 3 aromatic carbocycles. The second-order valence-corrected chi connectivity index (χ2v) is 10.8. The zero-order chi connectivity index (χ0) is 24.5. The first-order chi connectivity index (χ1) is 16.9. The Labute approximate surface area is 206 Å².